The van der Waals surface area contributed by atoms with E-state index >= 15 is 0 Å². The van der Waals surface area contributed by atoms with Crippen LogP contribution in [0.3, 0.4) is 0 Å². The van der Waals surface area contributed by atoms with Gasteiger partial charge in [0.25, 0.3) is 0 Å². The van der Waals surface area contributed by atoms with E-state index in [0.717, 1.165) is 58.5 Å². The predicted octanol–water partition coefficient (Wildman–Crippen LogP) is 4.89. The molecule has 400 valence electrons. The Morgan fingerprint density at radius 3 is 2.25 bits per heavy atom. The van der Waals surface area contributed by atoms with Gasteiger partial charge in [-0.05, 0) is 70.6 Å². The van der Waals surface area contributed by atoms with Crippen molar-refractivity contribution < 1.29 is 80.5 Å². The number of aromatic nitrogens is 4. The minimum atomic E-state index is -5.60. The van der Waals surface area contributed by atoms with Crippen LogP contribution in [0.1, 0.15) is 107 Å². The number of hydrogen-bond donors (Lipinski definition) is 9. The number of imidazole rings is 1. The van der Waals surface area contributed by atoms with Crippen LogP contribution in [0.15, 0.2) is 55.1 Å². The maximum Gasteiger partial charge on any atom is 0.481 e. The first-order valence-corrected chi connectivity index (χ1v) is 28.4. The standard InChI is InChI=1S/C45H62N7O17P3S/c1-26(29-12-13-30-31(21-29)44(4,5)16-15-43(30,2)3)20-27-8-10-28(11-9-27)42(57)73-19-18-47-33(53)14-17-48-40(56)37(55)45(6,7)23-66-72(63,64)69-71(61,62)65-22-32-36(68-70(58,59)60)35(54)41(67-32)52-25-51-34-38(46)49-24-50-39(34)52/h8-13,20-21,24-25,32,35-37,41,54-55H,14-19,22-23H2,1-7H3,(H,47,53)(H,48,56)(H,61,62)(H,63,64)(H2,46,49,50)(H2,58,59,60)/b26-20+. The average molecular weight is 1100 g/mol. The zero-order valence-electron chi connectivity index (χ0n) is 41.1. The number of phosphoric acid groups is 3. The molecule has 2 aromatic carbocycles. The minimum Gasteiger partial charge on any atom is -0.386 e. The van der Waals surface area contributed by atoms with Gasteiger partial charge in [0.05, 0.1) is 19.5 Å². The molecule has 7 unspecified atom stereocenters. The van der Waals surface area contributed by atoms with Crippen LogP contribution in [-0.4, -0.2) is 123 Å². The number of rotatable bonds is 22. The number of carbonyl (C=O) groups is 3. The summed E-state index contributed by atoms with van der Waals surface area (Å²) in [5, 5.41) is 26.5. The molecule has 3 heterocycles. The van der Waals surface area contributed by atoms with Crippen molar-refractivity contribution in [3.63, 3.8) is 0 Å². The molecule has 1 saturated heterocycles. The van der Waals surface area contributed by atoms with Gasteiger partial charge in [0.2, 0.25) is 16.9 Å². The fourth-order valence-electron chi connectivity index (χ4n) is 8.24. The van der Waals surface area contributed by atoms with Crippen LogP contribution in [-0.2, 0) is 56.7 Å². The fraction of sp³-hybridized carbons (Fsp3) is 0.511. The summed E-state index contributed by atoms with van der Waals surface area (Å²) in [5.41, 5.74) is 11.0. The number of allylic oxidation sites excluding steroid dienone is 1. The van der Waals surface area contributed by atoms with Gasteiger partial charge in [-0.3, -0.25) is 32.5 Å². The highest BCUT2D eigenvalue weighted by Gasteiger charge is 2.50. The quantitative estimate of drug-likeness (QED) is 0.0287. The number of nitrogens with zero attached hydrogens (tertiary/aromatic N) is 4. The number of carbonyl (C=O) groups excluding carboxylic acids is 3. The number of anilines is 1. The topological polar surface area (TPSA) is 364 Å². The van der Waals surface area contributed by atoms with E-state index in [4.69, 9.17) is 19.5 Å². The first kappa shape index (κ1) is 58.0. The molecule has 6 rings (SSSR count). The van der Waals surface area contributed by atoms with Crippen molar-refractivity contribution in [2.24, 2.45) is 5.41 Å². The molecule has 1 fully saturated rings. The lowest BCUT2D eigenvalue weighted by Gasteiger charge is -2.42. The zero-order valence-corrected chi connectivity index (χ0v) is 44.6. The normalized spacial score (nSPS) is 22.0. The smallest absolute Gasteiger partial charge is 0.386 e. The number of hydrogen-bond acceptors (Lipinski definition) is 18. The van der Waals surface area contributed by atoms with E-state index in [1.807, 2.05) is 12.1 Å². The van der Waals surface area contributed by atoms with Gasteiger partial charge in [-0.1, -0.05) is 89.7 Å². The molecule has 1 aliphatic carbocycles. The highest BCUT2D eigenvalue weighted by Crippen LogP contribution is 2.61. The second-order valence-corrected chi connectivity index (χ2v) is 25.0. The largest absolute Gasteiger partial charge is 0.481 e. The molecule has 2 aliphatic rings. The van der Waals surface area contributed by atoms with Crippen LogP contribution >= 0.6 is 35.2 Å². The van der Waals surface area contributed by atoms with Crippen molar-refractivity contribution >= 4 is 80.8 Å². The first-order valence-electron chi connectivity index (χ1n) is 22.9. The lowest BCUT2D eigenvalue weighted by Crippen LogP contribution is -2.46. The zero-order chi connectivity index (χ0) is 53.9. The molecule has 73 heavy (non-hydrogen) atoms. The maximum atomic E-state index is 12.9. The number of phosphoric ester groups is 3. The third-order valence-electron chi connectivity index (χ3n) is 12.6. The molecule has 7 atom stereocenters. The Hall–Kier alpha value is -4.26. The van der Waals surface area contributed by atoms with Gasteiger partial charge >= 0.3 is 23.5 Å². The number of fused-ring (bicyclic) bond motifs is 2. The molecule has 10 N–H and O–H groups in total. The third-order valence-corrected chi connectivity index (χ3v) is 16.6. The van der Waals surface area contributed by atoms with Gasteiger partial charge in [-0.2, -0.15) is 4.31 Å². The predicted molar refractivity (Wildman–Crippen MR) is 268 cm³/mol. The van der Waals surface area contributed by atoms with E-state index in [-0.39, 0.29) is 58.2 Å². The second-order valence-electron chi connectivity index (χ2n) is 19.7. The van der Waals surface area contributed by atoms with Gasteiger partial charge in [0.1, 0.15) is 36.3 Å². The summed E-state index contributed by atoms with van der Waals surface area (Å²) in [6, 6.07) is 14.1. The molecular formula is C45H62N7O17P3S. The Bertz CT molecular complexity index is 2860. The lowest BCUT2D eigenvalue weighted by molar-refractivity contribution is -0.137. The highest BCUT2D eigenvalue weighted by atomic mass is 32.2. The molecule has 1 aliphatic heterocycles. The summed E-state index contributed by atoms with van der Waals surface area (Å²) in [7, 11) is -16.5. The molecular weight excluding hydrogens is 1040 g/mol. The lowest BCUT2D eigenvalue weighted by atomic mass is 9.63. The van der Waals surface area contributed by atoms with E-state index in [1.165, 1.54) is 25.0 Å². The second kappa shape index (κ2) is 22.9. The number of benzene rings is 2. The van der Waals surface area contributed by atoms with Crippen molar-refractivity contribution in [1.82, 2.24) is 30.2 Å². The van der Waals surface area contributed by atoms with E-state index in [1.54, 1.807) is 12.1 Å². The van der Waals surface area contributed by atoms with E-state index < -0.39 is 84.6 Å². The van der Waals surface area contributed by atoms with Crippen molar-refractivity contribution in [2.45, 2.75) is 109 Å². The fourth-order valence-corrected chi connectivity index (χ4v) is 11.8. The van der Waals surface area contributed by atoms with Crippen LogP contribution in [0.2, 0.25) is 0 Å². The van der Waals surface area contributed by atoms with Crippen LogP contribution in [0.4, 0.5) is 5.82 Å². The number of thioether (sulfide) groups is 1. The average Bonchev–Trinajstić information content (AvgIpc) is 3.87. The molecule has 2 amide bonds. The third kappa shape index (κ3) is 15.0. The van der Waals surface area contributed by atoms with Crippen LogP contribution in [0, 0.1) is 5.41 Å². The van der Waals surface area contributed by atoms with Crippen molar-refractivity contribution in [3.8, 4) is 0 Å². The molecule has 0 radical (unpaired) electrons. The summed E-state index contributed by atoms with van der Waals surface area (Å²) in [4.78, 5) is 89.5. The van der Waals surface area contributed by atoms with Crippen LogP contribution < -0.4 is 16.4 Å². The Kier molecular flexibility index (Phi) is 18.2. The highest BCUT2D eigenvalue weighted by molar-refractivity contribution is 8.14. The minimum absolute atomic E-state index is 0.0278. The van der Waals surface area contributed by atoms with Crippen molar-refractivity contribution in [1.29, 1.82) is 0 Å². The van der Waals surface area contributed by atoms with Gasteiger partial charge in [0.15, 0.2) is 17.7 Å². The van der Waals surface area contributed by atoms with Crippen molar-refractivity contribution in [3.05, 3.63) is 82.9 Å². The Morgan fingerprint density at radius 2 is 1.58 bits per heavy atom. The van der Waals surface area contributed by atoms with Gasteiger partial charge in [-0.25, -0.2) is 28.6 Å². The molecule has 0 spiro atoms. The molecule has 28 heteroatoms. The summed E-state index contributed by atoms with van der Waals surface area (Å²) in [6.45, 7) is 11.7. The molecule has 4 aromatic rings. The van der Waals surface area contributed by atoms with E-state index in [2.05, 4.69) is 93.3 Å². The molecule has 0 bridgehead atoms. The summed E-state index contributed by atoms with van der Waals surface area (Å²) in [5.74, 6) is -1.21. The van der Waals surface area contributed by atoms with Gasteiger partial charge in [0, 0.05) is 36.2 Å². The van der Waals surface area contributed by atoms with Crippen LogP contribution in [0.5, 0.6) is 0 Å². The summed E-state index contributed by atoms with van der Waals surface area (Å²) >= 11 is 1.04. The maximum absolute atomic E-state index is 12.9. The number of ether oxygens (including phenoxy) is 1. The Balaban J connectivity index is 0.895. The molecule has 24 nitrogen and oxygen atoms in total. The summed E-state index contributed by atoms with van der Waals surface area (Å²) in [6.07, 6.45) is -2.63. The van der Waals surface area contributed by atoms with Gasteiger partial charge in [-0.15, -0.1) is 0 Å². The number of aliphatic hydroxyl groups is 2. The molecule has 2 aromatic heterocycles. The first-order chi connectivity index (χ1) is 33.9. The number of amides is 2. The molecule has 0 saturated carbocycles. The SMILES string of the molecule is C/C(=C\c1ccc(C(=O)SCCNC(=O)CCNC(=O)C(O)C(C)(C)COP(=O)(O)OP(=O)(O)OCC2OC(n3cnc4c(N)ncnc43)C(O)C2OP(=O)(O)O)cc1)c1ccc2c(c1)C(C)(C)CCC2(C)C. The summed E-state index contributed by atoms with van der Waals surface area (Å²) < 4.78 is 62.6. The Labute approximate surface area is 425 Å². The van der Waals surface area contributed by atoms with Crippen molar-refractivity contribution in [2.75, 3.05) is 37.8 Å². The monoisotopic (exact) mass is 1100 g/mol. The number of nitrogens with two attached hydrogens (primary N) is 1. The van der Waals surface area contributed by atoms with Gasteiger partial charge < -0.3 is 50.9 Å². The van der Waals surface area contributed by atoms with E-state index in [0.29, 0.717) is 5.56 Å². The Morgan fingerprint density at radius 1 is 0.932 bits per heavy atom. The number of aliphatic hydroxyl groups excluding tert-OH is 2. The number of nitrogens with one attached hydrogen (secondary N) is 2. The van der Waals surface area contributed by atoms with Crippen LogP contribution in [0.25, 0.3) is 22.8 Å². The van der Waals surface area contributed by atoms with E-state index in [9.17, 15) is 57.9 Å². The number of nitrogen functional groups attached to an aromatic ring is 1.